The van der Waals surface area contributed by atoms with Crippen molar-refractivity contribution in [1.82, 2.24) is 0 Å². The van der Waals surface area contributed by atoms with Crippen LogP contribution < -0.4 is 4.90 Å². The van der Waals surface area contributed by atoms with Crippen molar-refractivity contribution in [2.24, 2.45) is 0 Å². The van der Waals surface area contributed by atoms with Crippen LogP contribution in [-0.2, 0) is 0 Å². The summed E-state index contributed by atoms with van der Waals surface area (Å²) in [6.07, 6.45) is 0. The van der Waals surface area contributed by atoms with Gasteiger partial charge in [0.1, 0.15) is 5.82 Å². The molecule has 0 aliphatic rings. The molecule has 1 nitrogen and oxygen atoms in total. The van der Waals surface area contributed by atoms with Gasteiger partial charge in [0.05, 0.1) is 5.69 Å². The summed E-state index contributed by atoms with van der Waals surface area (Å²) in [4.78, 5) is 1.95. The average molecular weight is 215 g/mol. The van der Waals surface area contributed by atoms with Gasteiger partial charge in [-0.1, -0.05) is 30.3 Å². The summed E-state index contributed by atoms with van der Waals surface area (Å²) in [5, 5.41) is 0. The highest BCUT2D eigenvalue weighted by molar-refractivity contribution is 5.63. The molecule has 2 aromatic rings. The first-order valence-corrected chi connectivity index (χ1v) is 5.40. The second-order valence-corrected chi connectivity index (χ2v) is 3.53. The molecule has 0 saturated heterocycles. The smallest absolute Gasteiger partial charge is 0.146 e. The third-order valence-corrected chi connectivity index (χ3v) is 2.53. The third-order valence-electron chi connectivity index (χ3n) is 2.53. The Morgan fingerprint density at radius 3 is 2.19 bits per heavy atom. The van der Waals surface area contributed by atoms with E-state index in [2.05, 4.69) is 0 Å². The molecule has 0 amide bonds. The highest BCUT2D eigenvalue weighted by Gasteiger charge is 2.10. The summed E-state index contributed by atoms with van der Waals surface area (Å²) >= 11 is 0. The van der Waals surface area contributed by atoms with Crippen LogP contribution in [-0.4, -0.2) is 6.54 Å². The first kappa shape index (κ1) is 10.7. The molecule has 0 bridgehead atoms. The van der Waals surface area contributed by atoms with Gasteiger partial charge >= 0.3 is 0 Å². The number of hydrogen-bond acceptors (Lipinski definition) is 1. The number of benzene rings is 2. The molecule has 0 unspecified atom stereocenters. The Morgan fingerprint density at radius 1 is 0.938 bits per heavy atom. The van der Waals surface area contributed by atoms with Gasteiger partial charge in [-0.2, -0.15) is 0 Å². The fourth-order valence-electron chi connectivity index (χ4n) is 1.77. The van der Waals surface area contributed by atoms with Crippen LogP contribution in [0.5, 0.6) is 0 Å². The molecule has 0 spiro atoms. The fourth-order valence-corrected chi connectivity index (χ4v) is 1.77. The van der Waals surface area contributed by atoms with E-state index in [1.54, 1.807) is 12.1 Å². The van der Waals surface area contributed by atoms with Crippen LogP contribution in [0.3, 0.4) is 0 Å². The zero-order chi connectivity index (χ0) is 11.4. The minimum absolute atomic E-state index is 0.187. The summed E-state index contributed by atoms with van der Waals surface area (Å²) in [6, 6.07) is 16.7. The van der Waals surface area contributed by atoms with Crippen LogP contribution >= 0.6 is 0 Å². The summed E-state index contributed by atoms with van der Waals surface area (Å²) in [5.41, 5.74) is 1.63. The van der Waals surface area contributed by atoms with Crippen LogP contribution in [0.15, 0.2) is 54.6 Å². The minimum Gasteiger partial charge on any atom is -0.339 e. The number of rotatable bonds is 3. The highest BCUT2D eigenvalue weighted by Crippen LogP contribution is 2.26. The summed E-state index contributed by atoms with van der Waals surface area (Å²) in [6.45, 7) is 2.75. The lowest BCUT2D eigenvalue weighted by molar-refractivity contribution is 0.625. The van der Waals surface area contributed by atoms with Crippen LogP contribution in [0.25, 0.3) is 0 Å². The van der Waals surface area contributed by atoms with Crippen LogP contribution in [0.1, 0.15) is 6.92 Å². The van der Waals surface area contributed by atoms with Gasteiger partial charge in [-0.25, -0.2) is 4.39 Å². The van der Waals surface area contributed by atoms with E-state index in [1.165, 1.54) is 6.07 Å². The first-order chi connectivity index (χ1) is 7.83. The quantitative estimate of drug-likeness (QED) is 0.748. The molecule has 0 aliphatic heterocycles. The topological polar surface area (TPSA) is 3.24 Å². The van der Waals surface area contributed by atoms with E-state index in [-0.39, 0.29) is 5.82 Å². The predicted molar refractivity (Wildman–Crippen MR) is 65.5 cm³/mol. The summed E-state index contributed by atoms with van der Waals surface area (Å²) in [5.74, 6) is -0.187. The van der Waals surface area contributed by atoms with E-state index in [1.807, 2.05) is 48.2 Å². The Hall–Kier alpha value is -1.83. The monoisotopic (exact) mass is 215 g/mol. The minimum atomic E-state index is -0.187. The van der Waals surface area contributed by atoms with E-state index >= 15 is 0 Å². The Balaban J connectivity index is 2.41. The molecule has 2 rings (SSSR count). The molecule has 2 heteroatoms. The highest BCUT2D eigenvalue weighted by atomic mass is 19.1. The largest absolute Gasteiger partial charge is 0.339 e. The maximum atomic E-state index is 13.7. The average Bonchev–Trinajstić information content (AvgIpc) is 2.34. The molecule has 0 saturated carbocycles. The SMILES string of the molecule is CCN(c1ccccc1)c1ccccc1F. The van der Waals surface area contributed by atoms with Crippen LogP contribution in [0, 0.1) is 5.82 Å². The van der Waals surface area contributed by atoms with Gasteiger partial charge in [0.2, 0.25) is 0 Å². The van der Waals surface area contributed by atoms with Gasteiger partial charge in [0.25, 0.3) is 0 Å². The Bertz CT molecular complexity index is 453. The zero-order valence-electron chi connectivity index (χ0n) is 9.23. The molecule has 0 aromatic heterocycles. The van der Waals surface area contributed by atoms with Gasteiger partial charge in [0, 0.05) is 12.2 Å². The first-order valence-electron chi connectivity index (χ1n) is 5.40. The van der Waals surface area contributed by atoms with E-state index in [4.69, 9.17) is 0 Å². The Kier molecular flexibility index (Phi) is 3.20. The molecule has 0 aliphatic carbocycles. The lowest BCUT2D eigenvalue weighted by Crippen LogP contribution is -2.17. The van der Waals surface area contributed by atoms with Crippen molar-refractivity contribution in [1.29, 1.82) is 0 Å². The predicted octanol–water partition coefficient (Wildman–Crippen LogP) is 3.98. The van der Waals surface area contributed by atoms with E-state index in [9.17, 15) is 4.39 Å². The number of halogens is 1. The Morgan fingerprint density at radius 2 is 1.56 bits per heavy atom. The van der Waals surface area contributed by atoms with Crippen molar-refractivity contribution >= 4 is 11.4 Å². The number of anilines is 2. The molecule has 2 aromatic carbocycles. The zero-order valence-corrected chi connectivity index (χ0v) is 9.23. The molecule has 0 radical (unpaired) electrons. The van der Waals surface area contributed by atoms with Crippen molar-refractivity contribution in [2.75, 3.05) is 11.4 Å². The maximum absolute atomic E-state index is 13.7. The summed E-state index contributed by atoms with van der Waals surface area (Å²) in [7, 11) is 0. The van der Waals surface area contributed by atoms with Gasteiger partial charge in [-0.05, 0) is 31.2 Å². The molecule has 16 heavy (non-hydrogen) atoms. The number of nitrogens with zero attached hydrogens (tertiary/aromatic N) is 1. The molecule has 0 heterocycles. The molecular weight excluding hydrogens is 201 g/mol. The molecule has 82 valence electrons. The second-order valence-electron chi connectivity index (χ2n) is 3.53. The number of hydrogen-bond donors (Lipinski definition) is 0. The van der Waals surface area contributed by atoms with E-state index < -0.39 is 0 Å². The van der Waals surface area contributed by atoms with Gasteiger partial charge in [-0.3, -0.25) is 0 Å². The summed E-state index contributed by atoms with van der Waals surface area (Å²) < 4.78 is 13.7. The molecule has 0 N–H and O–H groups in total. The standard InChI is InChI=1S/C14H14FN/c1-2-16(12-8-4-3-5-9-12)14-11-7-6-10-13(14)15/h3-11H,2H2,1H3. The van der Waals surface area contributed by atoms with Gasteiger partial charge in [-0.15, -0.1) is 0 Å². The van der Waals surface area contributed by atoms with Crippen molar-refractivity contribution in [3.05, 3.63) is 60.4 Å². The molecular formula is C14H14FN. The maximum Gasteiger partial charge on any atom is 0.146 e. The lowest BCUT2D eigenvalue weighted by Gasteiger charge is -2.23. The second kappa shape index (κ2) is 4.79. The Labute approximate surface area is 95.1 Å². The van der Waals surface area contributed by atoms with Crippen molar-refractivity contribution in [3.63, 3.8) is 0 Å². The molecule has 0 fully saturated rings. The van der Waals surface area contributed by atoms with Crippen LogP contribution in [0.2, 0.25) is 0 Å². The van der Waals surface area contributed by atoms with E-state index in [0.29, 0.717) is 5.69 Å². The third kappa shape index (κ3) is 2.06. The van der Waals surface area contributed by atoms with Crippen molar-refractivity contribution < 1.29 is 4.39 Å². The number of para-hydroxylation sites is 2. The molecule has 0 atom stereocenters. The van der Waals surface area contributed by atoms with E-state index in [0.717, 1.165) is 12.2 Å². The lowest BCUT2D eigenvalue weighted by atomic mass is 10.2. The van der Waals surface area contributed by atoms with Gasteiger partial charge in [0.15, 0.2) is 0 Å². The van der Waals surface area contributed by atoms with Gasteiger partial charge < -0.3 is 4.90 Å². The van der Waals surface area contributed by atoms with Crippen molar-refractivity contribution in [2.45, 2.75) is 6.92 Å². The van der Waals surface area contributed by atoms with Crippen molar-refractivity contribution in [3.8, 4) is 0 Å². The fraction of sp³-hybridized carbons (Fsp3) is 0.143. The normalized spacial score (nSPS) is 10.1. The van der Waals surface area contributed by atoms with Crippen LogP contribution in [0.4, 0.5) is 15.8 Å².